The molecule has 30 heteroatoms. The van der Waals surface area contributed by atoms with Gasteiger partial charge in [0.15, 0.2) is 33.7 Å². The number of anilines is 3. The molecule has 9 aromatic carbocycles. The van der Waals surface area contributed by atoms with Crippen LogP contribution in [0.25, 0.3) is 14.5 Å². The molecule has 125 heavy (non-hydrogen) atoms. The number of aliphatic hydroxyl groups is 4. The maximum absolute atomic E-state index is 11.5. The summed E-state index contributed by atoms with van der Waals surface area (Å²) in [5.74, 6) is 1.90. The van der Waals surface area contributed by atoms with Gasteiger partial charge in [0.1, 0.15) is 43.2 Å². The van der Waals surface area contributed by atoms with Crippen molar-refractivity contribution in [3.05, 3.63) is 298 Å². The molecule has 3 heterocycles. The molecule has 3 saturated heterocycles. The third kappa shape index (κ3) is 29.2. The first kappa shape index (κ1) is 102. The van der Waals surface area contributed by atoms with Gasteiger partial charge in [0, 0.05) is 92.2 Å². The van der Waals surface area contributed by atoms with Gasteiger partial charge < -0.3 is 63.5 Å². The Kier molecular flexibility index (Phi) is 39.2. The fraction of sp³-hybridized carbons (Fsp3) is 0.400. The maximum atomic E-state index is 11.5. The Balaban J connectivity index is 0.000000212. The van der Waals surface area contributed by atoms with Crippen LogP contribution in [0.3, 0.4) is 0 Å². The maximum Gasteiger partial charge on any atom is 0.265 e. The number of rotatable bonds is 29. The molecule has 0 unspecified atom stereocenters. The predicted molar refractivity (Wildman–Crippen MR) is 515 cm³/mol. The van der Waals surface area contributed by atoms with Crippen molar-refractivity contribution in [3.8, 4) is 17.2 Å². The van der Waals surface area contributed by atoms with Crippen molar-refractivity contribution < 1.29 is 56.1 Å². The van der Waals surface area contributed by atoms with E-state index in [9.17, 15) is 13.5 Å². The first-order valence-electron chi connectivity index (χ1n) is 41.1. The standard InChI is InChI=1S/C33H41Cl2N3O3Si.C27H27Cl2N3O3.C18H20Cl2N2O2.C16H25NO4SSi.CH4/c1-33(2,3)42(5,6)41-23-32(25-9-13-27(36-4)14-10-25)37-17-18-38(31(22-37)24-7-11-26(34)12-8-24)30-16-15-28(21-29(30)35)40-20-19-39;1-30-22-8-4-20(5-9-22)27(18-34)31-12-13-32(26(17-31)19-2-6-21(28)7-3-19)25-11-10-23(16-24(25)29)35-15-14-33;19-14-3-1-13(2-4-14)18-12-21-7-8-22(18)17-6-5-15(11-16(17)20)24-10-9-23;1-16(2,3)23(6,7)20-12-15(21-22(5,18)19)13-8-10-14(17-4)11-9-13;/h7-16,21,31-32,39H,17-20,22-23H2,1-3,5-6H3;2-11,16,26-27,33-34H,12-15,17-18H2;1-6,11,18,21,23H,7-10,12H2;8-11,15H,12H2,1-3,5-7H3;1H4/t31-,32+;26-,27+;18-;15-;/m0000./s1. The Hall–Kier alpha value is -8.03. The molecule has 0 bridgehead atoms. The Labute approximate surface area is 772 Å². The highest BCUT2D eigenvalue weighted by molar-refractivity contribution is 7.86. The van der Waals surface area contributed by atoms with Gasteiger partial charge in [-0.2, -0.15) is 8.42 Å². The van der Waals surface area contributed by atoms with E-state index in [2.05, 4.69) is 148 Å². The van der Waals surface area contributed by atoms with Crippen LogP contribution in [0.15, 0.2) is 200 Å². The highest BCUT2D eigenvalue weighted by Gasteiger charge is 2.42. The molecule has 0 spiro atoms. The number of nitrogens with zero attached hydrogens (tertiary/aromatic N) is 8. The molecule has 0 amide bonds. The van der Waals surface area contributed by atoms with Gasteiger partial charge in [-0.1, -0.05) is 228 Å². The summed E-state index contributed by atoms with van der Waals surface area (Å²) in [5.41, 5.74) is 10.8. The lowest BCUT2D eigenvalue weighted by molar-refractivity contribution is 0.103. The second-order valence-corrected chi connectivity index (χ2v) is 47.0. The molecule has 9 aromatic rings. The number of nitrogens with one attached hydrogen (secondary N) is 1. The van der Waals surface area contributed by atoms with Gasteiger partial charge >= 0.3 is 0 Å². The Morgan fingerprint density at radius 2 is 0.776 bits per heavy atom. The summed E-state index contributed by atoms with van der Waals surface area (Å²) in [4.78, 5) is 22.1. The fourth-order valence-electron chi connectivity index (χ4n) is 14.1. The fourth-order valence-corrected chi connectivity index (χ4v) is 17.9. The van der Waals surface area contributed by atoms with E-state index in [1.54, 1.807) is 48.5 Å². The molecular formula is C95H117Cl6N9O12SSi2. The second kappa shape index (κ2) is 47.9. The van der Waals surface area contributed by atoms with Gasteiger partial charge in [-0.25, -0.2) is 14.5 Å². The lowest BCUT2D eigenvalue weighted by Crippen LogP contribution is -2.51. The molecular weight excluding hydrogens is 1760 g/mol. The summed E-state index contributed by atoms with van der Waals surface area (Å²) < 4.78 is 57.7. The number of benzene rings is 9. The first-order valence-corrected chi connectivity index (χ1v) is 51.0. The van der Waals surface area contributed by atoms with Gasteiger partial charge in [-0.3, -0.25) is 14.0 Å². The Bertz CT molecular complexity index is 5140. The summed E-state index contributed by atoms with van der Waals surface area (Å²) in [7, 11) is -7.64. The Morgan fingerprint density at radius 3 is 1.10 bits per heavy atom. The summed E-state index contributed by atoms with van der Waals surface area (Å²) in [5, 5.41) is 44.8. The highest BCUT2D eigenvalue weighted by Crippen LogP contribution is 2.45. The number of ether oxygens (including phenoxy) is 3. The van der Waals surface area contributed by atoms with Crippen LogP contribution in [-0.4, -0.2) is 180 Å². The molecule has 6 atom stereocenters. The molecule has 0 saturated carbocycles. The van der Waals surface area contributed by atoms with E-state index in [-0.39, 0.29) is 101 Å². The van der Waals surface area contributed by atoms with Gasteiger partial charge in [0.05, 0.1) is 128 Å². The van der Waals surface area contributed by atoms with Gasteiger partial charge in [0.2, 0.25) is 0 Å². The minimum absolute atomic E-state index is 0. The topological polar surface area (TPSA) is 212 Å². The molecule has 670 valence electrons. The van der Waals surface area contributed by atoms with Gasteiger partial charge in [-0.15, -0.1) is 0 Å². The zero-order valence-electron chi connectivity index (χ0n) is 72.1. The smallest absolute Gasteiger partial charge is 0.265 e. The van der Waals surface area contributed by atoms with E-state index in [0.29, 0.717) is 84.7 Å². The first-order chi connectivity index (χ1) is 59.0. The van der Waals surface area contributed by atoms with E-state index in [1.807, 2.05) is 115 Å². The zero-order chi connectivity index (χ0) is 90.1. The summed E-state index contributed by atoms with van der Waals surface area (Å²) in [6.07, 6.45) is 0.318. The van der Waals surface area contributed by atoms with Crippen molar-refractivity contribution in [2.24, 2.45) is 0 Å². The average Bonchev–Trinajstić information content (AvgIpc) is 0.781. The van der Waals surface area contributed by atoms with E-state index in [0.717, 1.165) is 96.4 Å². The van der Waals surface area contributed by atoms with Crippen LogP contribution in [0.5, 0.6) is 17.2 Å². The van der Waals surface area contributed by atoms with E-state index in [1.165, 1.54) is 5.56 Å². The van der Waals surface area contributed by atoms with Crippen LogP contribution in [0, 0.1) is 19.7 Å². The molecule has 3 aliphatic heterocycles. The monoisotopic (exact) mass is 1870 g/mol. The van der Waals surface area contributed by atoms with Crippen molar-refractivity contribution in [1.29, 1.82) is 0 Å². The van der Waals surface area contributed by atoms with Gasteiger partial charge in [0.25, 0.3) is 10.1 Å². The minimum Gasteiger partial charge on any atom is -0.491 e. The molecule has 0 aliphatic carbocycles. The van der Waals surface area contributed by atoms with Crippen LogP contribution in [0.2, 0.25) is 66.4 Å². The molecule has 5 N–H and O–H groups in total. The number of aliphatic hydroxyl groups excluding tert-OH is 4. The lowest BCUT2D eigenvalue weighted by atomic mass is 9.98. The van der Waals surface area contributed by atoms with Crippen molar-refractivity contribution in [1.82, 2.24) is 15.1 Å². The third-order valence-corrected chi connectivity index (χ3v) is 34.2. The van der Waals surface area contributed by atoms with Crippen LogP contribution >= 0.6 is 69.6 Å². The number of hydrogen-bond donors (Lipinski definition) is 5. The SMILES string of the molecule is C.OCCOc1ccc(N2CCNC[C@H]2c2ccc(Cl)cc2)c(Cl)c1.[C-]#[N+]c1ccc([C@@H](CO)N2CCN(c3ccc(OCCO)cc3Cl)[C@H](c3ccc(Cl)cc3)C2)cc1.[C-]#[N+]c1ccc([C@@H](CO[Si](C)(C)C(C)(C)C)N2CCN(c3ccc(OCCO)cc3Cl)[C@H](c3ccc(Cl)cc3)C2)cc1.[C-]#[N+]c1ccc([C@H](CO[Si](C)(C)C(C)(C)C)OS(C)(=O)=O)cc1. The van der Waals surface area contributed by atoms with Crippen molar-refractivity contribution in [2.75, 3.05) is 139 Å². The third-order valence-electron chi connectivity index (χ3n) is 23.0. The quantitative estimate of drug-likeness (QED) is 0.0168. The number of halogens is 6. The molecule has 0 radical (unpaired) electrons. The van der Waals surface area contributed by atoms with E-state index >= 15 is 0 Å². The summed E-state index contributed by atoms with van der Waals surface area (Å²) in [6, 6.07) is 62.8. The van der Waals surface area contributed by atoms with Gasteiger partial charge in [-0.05, 0) is 142 Å². The zero-order valence-corrected chi connectivity index (χ0v) is 79.4. The normalized spacial score (nSPS) is 16.6. The van der Waals surface area contributed by atoms with E-state index < -0.39 is 32.9 Å². The Morgan fingerprint density at radius 1 is 0.448 bits per heavy atom. The molecule has 0 aromatic heterocycles. The molecule has 12 rings (SSSR count). The molecule has 3 fully saturated rings. The van der Waals surface area contributed by atoms with Crippen molar-refractivity contribution in [2.45, 2.75) is 122 Å². The summed E-state index contributed by atoms with van der Waals surface area (Å²) >= 11 is 38.5. The second-order valence-electron chi connectivity index (χ2n) is 33.3. The lowest BCUT2D eigenvalue weighted by Gasteiger charge is -2.47. The molecule has 3 aliphatic rings. The van der Waals surface area contributed by atoms with Crippen LogP contribution in [-0.2, 0) is 23.2 Å². The van der Waals surface area contributed by atoms with Crippen molar-refractivity contribution >= 4 is 130 Å². The van der Waals surface area contributed by atoms with Crippen LogP contribution in [0.4, 0.5) is 34.1 Å². The van der Waals surface area contributed by atoms with Crippen LogP contribution < -0.4 is 34.2 Å². The minimum atomic E-state index is -3.62. The van der Waals surface area contributed by atoms with Crippen LogP contribution in [0.1, 0.15) is 119 Å². The number of piperazine rings is 3. The highest BCUT2D eigenvalue weighted by atomic mass is 35.5. The van der Waals surface area contributed by atoms with Crippen molar-refractivity contribution in [3.63, 3.8) is 0 Å². The molecule has 21 nitrogen and oxygen atoms in total. The summed E-state index contributed by atoms with van der Waals surface area (Å²) in [6.45, 7) is 51.8. The largest absolute Gasteiger partial charge is 0.491 e. The van der Waals surface area contributed by atoms with E-state index in [4.69, 9.17) is 132 Å². The average molecular weight is 1880 g/mol. The number of hydrogen-bond acceptors (Lipinski definition) is 18. The predicted octanol–water partition coefficient (Wildman–Crippen LogP) is 22.5.